The predicted octanol–water partition coefficient (Wildman–Crippen LogP) is 1.77. The number of hydrogen-bond acceptors (Lipinski definition) is 7. The van der Waals surface area contributed by atoms with Gasteiger partial charge in [0.1, 0.15) is 15.7 Å². The first-order valence-electron chi connectivity index (χ1n) is 7.75. The summed E-state index contributed by atoms with van der Waals surface area (Å²) in [5.41, 5.74) is 0.930. The number of thiazole rings is 1. The van der Waals surface area contributed by atoms with E-state index in [1.807, 2.05) is 12.1 Å². The lowest BCUT2D eigenvalue weighted by Gasteiger charge is -2.26. The minimum absolute atomic E-state index is 0.203. The summed E-state index contributed by atoms with van der Waals surface area (Å²) in [4.78, 5) is 23.8. The number of aromatic nitrogens is 2. The molecule has 3 heterocycles. The van der Waals surface area contributed by atoms with Crippen molar-refractivity contribution in [3.05, 3.63) is 40.0 Å². The van der Waals surface area contributed by atoms with Gasteiger partial charge < -0.3 is 14.8 Å². The van der Waals surface area contributed by atoms with Crippen molar-refractivity contribution in [2.75, 3.05) is 38.7 Å². The van der Waals surface area contributed by atoms with Crippen LogP contribution in [0.4, 0.5) is 5.82 Å². The van der Waals surface area contributed by atoms with Gasteiger partial charge >= 0.3 is 0 Å². The molecule has 1 amide bonds. The third kappa shape index (κ3) is 4.57. The van der Waals surface area contributed by atoms with Gasteiger partial charge in [-0.25, -0.2) is 9.97 Å². The average molecular weight is 348 g/mol. The number of nitrogens with one attached hydrogen (secondary N) is 1. The van der Waals surface area contributed by atoms with E-state index in [4.69, 9.17) is 9.47 Å². The molecule has 1 N–H and O–H groups in total. The predicted molar refractivity (Wildman–Crippen MR) is 91.1 cm³/mol. The summed E-state index contributed by atoms with van der Waals surface area (Å²) < 4.78 is 10.4. The average Bonchev–Trinajstić information content (AvgIpc) is 3.05. The summed E-state index contributed by atoms with van der Waals surface area (Å²) in [6.07, 6.45) is 1.56. The highest BCUT2D eigenvalue weighted by Gasteiger charge is 2.14. The van der Waals surface area contributed by atoms with Crippen LogP contribution in [-0.2, 0) is 22.6 Å². The molecule has 0 spiro atoms. The zero-order chi connectivity index (χ0) is 16.8. The molecule has 0 radical (unpaired) electrons. The number of amides is 1. The highest BCUT2D eigenvalue weighted by Crippen LogP contribution is 2.16. The number of carbonyl (C=O) groups excluding carboxylic acids is 1. The Morgan fingerprint density at radius 3 is 3.04 bits per heavy atom. The van der Waals surface area contributed by atoms with Crippen molar-refractivity contribution in [3.63, 3.8) is 0 Å². The molecule has 0 unspecified atom stereocenters. The van der Waals surface area contributed by atoms with E-state index in [-0.39, 0.29) is 5.91 Å². The molecule has 0 aromatic carbocycles. The Kier molecular flexibility index (Phi) is 5.86. The summed E-state index contributed by atoms with van der Waals surface area (Å²) in [6, 6.07) is 5.66. The topological polar surface area (TPSA) is 76.6 Å². The molecule has 1 fully saturated rings. The summed E-state index contributed by atoms with van der Waals surface area (Å²) >= 11 is 1.32. The zero-order valence-corrected chi connectivity index (χ0v) is 14.3. The van der Waals surface area contributed by atoms with E-state index < -0.39 is 0 Å². The second-order valence-electron chi connectivity index (χ2n) is 5.41. The number of ether oxygens (including phenoxy) is 2. The summed E-state index contributed by atoms with van der Waals surface area (Å²) in [5.74, 6) is 0.346. The van der Waals surface area contributed by atoms with Gasteiger partial charge in [-0.1, -0.05) is 6.07 Å². The van der Waals surface area contributed by atoms with Crippen molar-refractivity contribution in [1.29, 1.82) is 0 Å². The van der Waals surface area contributed by atoms with Crippen LogP contribution in [0, 0.1) is 0 Å². The molecular weight excluding hydrogens is 328 g/mol. The minimum Gasteiger partial charge on any atom is -0.379 e. The van der Waals surface area contributed by atoms with Crippen LogP contribution in [0.2, 0.25) is 0 Å². The number of hydrogen-bond donors (Lipinski definition) is 1. The summed E-state index contributed by atoms with van der Waals surface area (Å²) in [6.45, 7) is 4.48. The number of methoxy groups -OCH3 is 1. The molecule has 7 nitrogen and oxygen atoms in total. The molecule has 2 aromatic heterocycles. The van der Waals surface area contributed by atoms with Crippen molar-refractivity contribution in [1.82, 2.24) is 14.9 Å². The SMILES string of the molecule is COCc1ncc(C(=O)Nc2cccc(CN3CCOCC3)n2)s1. The van der Waals surface area contributed by atoms with E-state index in [1.165, 1.54) is 11.3 Å². The van der Waals surface area contributed by atoms with Crippen LogP contribution in [0.15, 0.2) is 24.4 Å². The van der Waals surface area contributed by atoms with Gasteiger partial charge in [0.25, 0.3) is 5.91 Å². The van der Waals surface area contributed by atoms with E-state index in [1.54, 1.807) is 19.4 Å². The third-order valence-electron chi connectivity index (χ3n) is 3.58. The Morgan fingerprint density at radius 2 is 2.25 bits per heavy atom. The molecule has 3 rings (SSSR count). The maximum Gasteiger partial charge on any atom is 0.268 e. The molecule has 0 bridgehead atoms. The quantitative estimate of drug-likeness (QED) is 0.857. The maximum absolute atomic E-state index is 12.3. The van der Waals surface area contributed by atoms with Crippen LogP contribution < -0.4 is 5.32 Å². The number of pyridine rings is 1. The summed E-state index contributed by atoms with van der Waals surface area (Å²) in [5, 5.41) is 3.60. The van der Waals surface area contributed by atoms with Crippen molar-refractivity contribution >= 4 is 23.1 Å². The smallest absolute Gasteiger partial charge is 0.268 e. The van der Waals surface area contributed by atoms with Crippen LogP contribution in [0.3, 0.4) is 0 Å². The van der Waals surface area contributed by atoms with E-state index in [0.29, 0.717) is 17.3 Å². The van der Waals surface area contributed by atoms with Gasteiger partial charge in [-0.3, -0.25) is 9.69 Å². The lowest BCUT2D eigenvalue weighted by molar-refractivity contribution is 0.0337. The van der Waals surface area contributed by atoms with E-state index in [9.17, 15) is 4.79 Å². The Labute approximate surface area is 144 Å². The van der Waals surface area contributed by atoms with Crippen LogP contribution in [-0.4, -0.2) is 54.2 Å². The molecule has 1 aliphatic heterocycles. The highest BCUT2D eigenvalue weighted by molar-refractivity contribution is 7.13. The molecule has 0 atom stereocenters. The second kappa shape index (κ2) is 8.29. The van der Waals surface area contributed by atoms with Gasteiger partial charge in [0.2, 0.25) is 0 Å². The zero-order valence-electron chi connectivity index (χ0n) is 13.5. The van der Waals surface area contributed by atoms with Crippen LogP contribution in [0.25, 0.3) is 0 Å². The van der Waals surface area contributed by atoms with Gasteiger partial charge in [0.15, 0.2) is 0 Å². The molecule has 24 heavy (non-hydrogen) atoms. The minimum atomic E-state index is -0.203. The number of rotatable bonds is 6. The van der Waals surface area contributed by atoms with Crippen LogP contribution in [0.1, 0.15) is 20.4 Å². The normalized spacial score (nSPS) is 15.4. The first kappa shape index (κ1) is 17.0. The third-order valence-corrected chi connectivity index (χ3v) is 4.55. The number of carbonyl (C=O) groups is 1. The van der Waals surface area contributed by atoms with Gasteiger partial charge in [0, 0.05) is 26.7 Å². The Morgan fingerprint density at radius 1 is 1.42 bits per heavy atom. The van der Waals surface area contributed by atoms with Gasteiger partial charge in [-0.15, -0.1) is 11.3 Å². The van der Waals surface area contributed by atoms with E-state index >= 15 is 0 Å². The fourth-order valence-electron chi connectivity index (χ4n) is 2.41. The summed E-state index contributed by atoms with van der Waals surface area (Å²) in [7, 11) is 1.60. The number of morpholine rings is 1. The Bertz CT molecular complexity index is 685. The van der Waals surface area contributed by atoms with Crippen molar-refractivity contribution in [2.45, 2.75) is 13.2 Å². The monoisotopic (exact) mass is 348 g/mol. The largest absolute Gasteiger partial charge is 0.379 e. The lowest BCUT2D eigenvalue weighted by atomic mass is 10.3. The Balaban J connectivity index is 1.61. The molecule has 0 aliphatic carbocycles. The fraction of sp³-hybridized carbons (Fsp3) is 0.438. The standard InChI is InChI=1S/C16H20N4O3S/c1-22-11-15-17-9-13(24-15)16(21)19-14-4-2-3-12(18-14)10-20-5-7-23-8-6-20/h2-4,9H,5-8,10-11H2,1H3,(H,18,19,21). The molecule has 8 heteroatoms. The molecule has 0 saturated carbocycles. The van der Waals surface area contributed by atoms with Crippen LogP contribution >= 0.6 is 11.3 Å². The first-order valence-corrected chi connectivity index (χ1v) is 8.57. The number of anilines is 1. The lowest BCUT2D eigenvalue weighted by Crippen LogP contribution is -2.35. The van der Waals surface area contributed by atoms with Gasteiger partial charge in [0.05, 0.1) is 31.7 Å². The first-order chi connectivity index (χ1) is 11.7. The highest BCUT2D eigenvalue weighted by atomic mass is 32.1. The number of nitrogens with zero attached hydrogens (tertiary/aromatic N) is 3. The van der Waals surface area contributed by atoms with E-state index in [0.717, 1.165) is 43.5 Å². The molecule has 1 saturated heterocycles. The van der Waals surface area contributed by atoms with E-state index in [2.05, 4.69) is 20.2 Å². The molecular formula is C16H20N4O3S. The van der Waals surface area contributed by atoms with Crippen molar-refractivity contribution < 1.29 is 14.3 Å². The van der Waals surface area contributed by atoms with Gasteiger partial charge in [-0.05, 0) is 12.1 Å². The molecule has 2 aromatic rings. The fourth-order valence-corrected chi connectivity index (χ4v) is 3.19. The Hall–Kier alpha value is -1.87. The van der Waals surface area contributed by atoms with Crippen LogP contribution in [0.5, 0.6) is 0 Å². The molecule has 128 valence electrons. The maximum atomic E-state index is 12.3. The van der Waals surface area contributed by atoms with Crippen molar-refractivity contribution in [2.24, 2.45) is 0 Å². The van der Waals surface area contributed by atoms with Crippen molar-refractivity contribution in [3.8, 4) is 0 Å². The second-order valence-corrected chi connectivity index (χ2v) is 6.52. The molecule has 1 aliphatic rings. The van der Waals surface area contributed by atoms with Gasteiger partial charge in [-0.2, -0.15) is 0 Å².